The number of para-hydroxylation sites is 1. The van der Waals surface area contributed by atoms with Gasteiger partial charge in [0.15, 0.2) is 0 Å². The van der Waals surface area contributed by atoms with Crippen LogP contribution in [-0.4, -0.2) is 54.3 Å². The summed E-state index contributed by atoms with van der Waals surface area (Å²) in [4.78, 5) is 33.1. The Bertz CT molecular complexity index is 921. The van der Waals surface area contributed by atoms with Crippen molar-refractivity contribution in [2.45, 2.75) is 58.0 Å². The molecule has 1 amide bonds. The molecule has 170 valence electrons. The van der Waals surface area contributed by atoms with Gasteiger partial charge in [-0.25, -0.2) is 4.98 Å². The number of amides is 1. The number of benzene rings is 1. The lowest BCUT2D eigenvalue weighted by molar-refractivity contribution is -0.134. The molecule has 1 heterocycles. The number of hydrogen-bond donors (Lipinski definition) is 0. The lowest BCUT2D eigenvalue weighted by Crippen LogP contribution is -2.40. The normalized spacial score (nSPS) is 15.5. The Morgan fingerprint density at radius 3 is 2.61 bits per heavy atom. The number of methoxy groups -OCH3 is 2. The molecule has 0 spiro atoms. The molecule has 0 radical (unpaired) electrons. The number of rotatable bonds is 11. The molecule has 1 fully saturated rings. The van der Waals surface area contributed by atoms with E-state index in [2.05, 4.69) is 0 Å². The summed E-state index contributed by atoms with van der Waals surface area (Å²) in [6.07, 6.45) is 6.45. The Labute approximate surface area is 184 Å². The Morgan fingerprint density at radius 1 is 1.19 bits per heavy atom. The van der Waals surface area contributed by atoms with Crippen LogP contribution in [0.2, 0.25) is 0 Å². The molecule has 1 aromatic heterocycles. The van der Waals surface area contributed by atoms with E-state index in [0.717, 1.165) is 6.42 Å². The van der Waals surface area contributed by atoms with Crippen LogP contribution in [0.15, 0.2) is 29.1 Å². The molecule has 0 bridgehead atoms. The van der Waals surface area contributed by atoms with Crippen molar-refractivity contribution in [2.75, 3.05) is 34.0 Å². The van der Waals surface area contributed by atoms with E-state index < -0.39 is 0 Å². The van der Waals surface area contributed by atoms with Crippen LogP contribution in [0.3, 0.4) is 0 Å². The fraction of sp³-hybridized carbons (Fsp3) is 0.625. The van der Waals surface area contributed by atoms with Crippen LogP contribution in [0.1, 0.15) is 57.3 Å². The Balaban J connectivity index is 1.91. The highest BCUT2D eigenvalue weighted by molar-refractivity contribution is 5.78. The zero-order chi connectivity index (χ0) is 22.2. The molecule has 7 heteroatoms. The molecular weight excluding hydrogens is 394 g/mol. The SMILES string of the molecule is COCCN(C(=O)CCC1CCCC1)C(C)c1nc2ccccc2c(=O)n1CCOC. The van der Waals surface area contributed by atoms with Crippen molar-refractivity contribution in [3.63, 3.8) is 0 Å². The van der Waals surface area contributed by atoms with Gasteiger partial charge in [-0.15, -0.1) is 0 Å². The van der Waals surface area contributed by atoms with Crippen LogP contribution in [0.4, 0.5) is 0 Å². The van der Waals surface area contributed by atoms with Crippen molar-refractivity contribution >= 4 is 16.8 Å². The summed E-state index contributed by atoms with van der Waals surface area (Å²) in [5.74, 6) is 1.34. The van der Waals surface area contributed by atoms with Gasteiger partial charge >= 0.3 is 0 Å². The summed E-state index contributed by atoms with van der Waals surface area (Å²) in [6.45, 7) is 3.64. The average Bonchev–Trinajstić information content (AvgIpc) is 3.31. The number of aromatic nitrogens is 2. The Hall–Kier alpha value is -2.25. The maximum Gasteiger partial charge on any atom is 0.261 e. The maximum atomic E-state index is 13.2. The third kappa shape index (κ3) is 5.71. The van der Waals surface area contributed by atoms with E-state index in [1.807, 2.05) is 30.0 Å². The first kappa shape index (κ1) is 23.4. The van der Waals surface area contributed by atoms with Gasteiger partial charge in [0, 0.05) is 27.2 Å². The second kappa shape index (κ2) is 11.4. The maximum absolute atomic E-state index is 13.2. The molecule has 1 aromatic carbocycles. The lowest BCUT2D eigenvalue weighted by Gasteiger charge is -2.31. The quantitative estimate of drug-likeness (QED) is 0.546. The van der Waals surface area contributed by atoms with E-state index >= 15 is 0 Å². The fourth-order valence-electron chi connectivity index (χ4n) is 4.54. The predicted octanol–water partition coefficient (Wildman–Crippen LogP) is 3.55. The standard InChI is InChI=1S/C24H35N3O4/c1-18(26(14-16-30-2)22(28)13-12-19-8-4-5-9-19)23-25-21-11-7-6-10-20(21)24(29)27(23)15-17-31-3/h6-7,10-11,18-19H,4-5,8-9,12-17H2,1-3H3. The van der Waals surface area contributed by atoms with Gasteiger partial charge in [-0.3, -0.25) is 14.2 Å². The van der Waals surface area contributed by atoms with Crippen LogP contribution >= 0.6 is 0 Å². The summed E-state index contributed by atoms with van der Waals surface area (Å²) in [6, 6.07) is 7.00. The van der Waals surface area contributed by atoms with Crippen molar-refractivity contribution in [3.8, 4) is 0 Å². The smallest absolute Gasteiger partial charge is 0.261 e. The number of carbonyl (C=O) groups is 1. The molecule has 0 N–H and O–H groups in total. The number of fused-ring (bicyclic) bond motifs is 1. The van der Waals surface area contributed by atoms with Crippen LogP contribution in [0, 0.1) is 5.92 Å². The number of ether oxygens (including phenoxy) is 2. The van der Waals surface area contributed by atoms with E-state index in [1.165, 1.54) is 25.7 Å². The molecule has 31 heavy (non-hydrogen) atoms. The van der Waals surface area contributed by atoms with Gasteiger partial charge in [-0.2, -0.15) is 0 Å². The molecule has 2 aromatic rings. The van der Waals surface area contributed by atoms with E-state index in [1.54, 1.807) is 24.9 Å². The van der Waals surface area contributed by atoms with Gasteiger partial charge in [-0.05, 0) is 31.4 Å². The molecule has 1 atom stereocenters. The summed E-state index contributed by atoms with van der Waals surface area (Å²) >= 11 is 0. The topological polar surface area (TPSA) is 73.7 Å². The largest absolute Gasteiger partial charge is 0.383 e. The third-order valence-electron chi connectivity index (χ3n) is 6.35. The highest BCUT2D eigenvalue weighted by atomic mass is 16.5. The molecular formula is C24H35N3O4. The Morgan fingerprint density at radius 2 is 1.90 bits per heavy atom. The van der Waals surface area contributed by atoms with E-state index in [4.69, 9.17) is 14.5 Å². The minimum atomic E-state index is -0.347. The fourth-order valence-corrected chi connectivity index (χ4v) is 4.54. The summed E-state index contributed by atoms with van der Waals surface area (Å²) in [5, 5.41) is 0.575. The summed E-state index contributed by atoms with van der Waals surface area (Å²) in [7, 11) is 3.24. The van der Waals surface area contributed by atoms with Crippen LogP contribution in [0.25, 0.3) is 10.9 Å². The first-order chi connectivity index (χ1) is 15.1. The average molecular weight is 430 g/mol. The zero-order valence-electron chi connectivity index (χ0n) is 19.0. The second-order valence-electron chi connectivity index (χ2n) is 8.38. The van der Waals surface area contributed by atoms with E-state index in [9.17, 15) is 9.59 Å². The van der Waals surface area contributed by atoms with Crippen molar-refractivity contribution in [1.29, 1.82) is 0 Å². The van der Waals surface area contributed by atoms with Crippen molar-refractivity contribution in [2.24, 2.45) is 5.92 Å². The van der Waals surface area contributed by atoms with Gasteiger partial charge in [0.2, 0.25) is 5.91 Å². The van der Waals surface area contributed by atoms with Gasteiger partial charge in [0.25, 0.3) is 5.56 Å². The molecule has 0 aliphatic heterocycles. The molecule has 3 rings (SSSR count). The van der Waals surface area contributed by atoms with Crippen LogP contribution < -0.4 is 5.56 Å². The second-order valence-corrected chi connectivity index (χ2v) is 8.38. The molecule has 1 aliphatic carbocycles. The van der Waals surface area contributed by atoms with Crippen molar-refractivity contribution in [1.82, 2.24) is 14.5 Å². The number of hydrogen-bond acceptors (Lipinski definition) is 5. The van der Waals surface area contributed by atoms with Gasteiger partial charge < -0.3 is 14.4 Å². The number of carbonyl (C=O) groups excluding carboxylic acids is 1. The first-order valence-corrected chi connectivity index (χ1v) is 11.3. The minimum Gasteiger partial charge on any atom is -0.383 e. The van der Waals surface area contributed by atoms with Crippen molar-refractivity contribution < 1.29 is 14.3 Å². The highest BCUT2D eigenvalue weighted by Crippen LogP contribution is 2.29. The zero-order valence-corrected chi connectivity index (χ0v) is 19.0. The van der Waals surface area contributed by atoms with Crippen molar-refractivity contribution in [3.05, 3.63) is 40.4 Å². The number of nitrogens with zero attached hydrogens (tertiary/aromatic N) is 3. The highest BCUT2D eigenvalue weighted by Gasteiger charge is 2.27. The molecule has 1 saturated carbocycles. The monoisotopic (exact) mass is 429 g/mol. The van der Waals surface area contributed by atoms with Gasteiger partial charge in [0.1, 0.15) is 5.82 Å². The van der Waals surface area contributed by atoms with Gasteiger partial charge in [0.05, 0.1) is 36.7 Å². The van der Waals surface area contributed by atoms with Gasteiger partial charge in [-0.1, -0.05) is 37.8 Å². The molecule has 0 saturated heterocycles. The van der Waals surface area contributed by atoms with Crippen LogP contribution in [0.5, 0.6) is 0 Å². The lowest BCUT2D eigenvalue weighted by atomic mass is 10.0. The molecule has 1 aliphatic rings. The van der Waals surface area contributed by atoms with Crippen LogP contribution in [-0.2, 0) is 20.8 Å². The third-order valence-corrected chi connectivity index (χ3v) is 6.35. The minimum absolute atomic E-state index is 0.0946. The van der Waals surface area contributed by atoms with E-state index in [0.29, 0.717) is 55.4 Å². The Kier molecular flexibility index (Phi) is 8.60. The first-order valence-electron chi connectivity index (χ1n) is 11.3. The molecule has 7 nitrogen and oxygen atoms in total. The predicted molar refractivity (Wildman–Crippen MR) is 121 cm³/mol. The summed E-state index contributed by atoms with van der Waals surface area (Å²) in [5.41, 5.74) is 0.544. The molecule has 1 unspecified atom stereocenters. The summed E-state index contributed by atoms with van der Waals surface area (Å²) < 4.78 is 12.2. The van der Waals surface area contributed by atoms with E-state index in [-0.39, 0.29) is 17.5 Å².